The lowest BCUT2D eigenvalue weighted by Gasteiger charge is -2.26. The fourth-order valence-electron chi connectivity index (χ4n) is 1.99. The summed E-state index contributed by atoms with van der Waals surface area (Å²) < 4.78 is 0. The third kappa shape index (κ3) is 15.1. The Balaban J connectivity index is 0.000000433. The van der Waals surface area contributed by atoms with Gasteiger partial charge < -0.3 is 10.2 Å². The first-order valence-corrected chi connectivity index (χ1v) is 7.85. The van der Waals surface area contributed by atoms with Crippen LogP contribution in [0.25, 0.3) is 0 Å². The average Bonchev–Trinajstić information content (AvgIpc) is 2.47. The zero-order chi connectivity index (χ0) is 15.9. The van der Waals surface area contributed by atoms with Crippen molar-refractivity contribution in [3.63, 3.8) is 0 Å². The summed E-state index contributed by atoms with van der Waals surface area (Å²) >= 11 is 0. The van der Waals surface area contributed by atoms with Crippen LogP contribution in [-0.4, -0.2) is 49.6 Å². The number of hydrogen-bond donors (Lipinski definition) is 1. The molecule has 1 fully saturated rings. The van der Waals surface area contributed by atoms with E-state index in [2.05, 4.69) is 26.9 Å². The Morgan fingerprint density at radius 3 is 1.95 bits per heavy atom. The van der Waals surface area contributed by atoms with Crippen molar-refractivity contribution in [3.8, 4) is 0 Å². The molecule has 1 N–H and O–H groups in total. The van der Waals surface area contributed by atoms with E-state index in [1.165, 1.54) is 64.8 Å². The summed E-state index contributed by atoms with van der Waals surface area (Å²) in [4.78, 5) is 29.9. The number of nitrogens with one attached hydrogen (secondary N) is 1. The molecular weight excluding hydrogens is 272 g/mol. The second-order valence-electron chi connectivity index (χ2n) is 5.16. The van der Waals surface area contributed by atoms with Crippen molar-refractivity contribution in [2.45, 2.75) is 52.9 Å². The van der Waals surface area contributed by atoms with E-state index in [9.17, 15) is 9.59 Å². The van der Waals surface area contributed by atoms with Crippen molar-refractivity contribution in [1.29, 1.82) is 0 Å². The molecular formula is C15H30N2O4. The molecule has 0 aliphatic carbocycles. The van der Waals surface area contributed by atoms with Gasteiger partial charge in [-0.15, -0.1) is 0 Å². The summed E-state index contributed by atoms with van der Waals surface area (Å²) in [6, 6.07) is 0. The Hall–Kier alpha value is -1.14. The maximum absolute atomic E-state index is 9.85. The number of carbonyl (C=O) groups is 2. The van der Waals surface area contributed by atoms with Crippen molar-refractivity contribution < 1.29 is 19.4 Å². The summed E-state index contributed by atoms with van der Waals surface area (Å²) in [6.07, 6.45) is 7.04. The molecule has 0 radical (unpaired) electrons. The molecule has 0 spiro atoms. The lowest BCUT2D eigenvalue weighted by atomic mass is 10.1. The Morgan fingerprint density at radius 1 is 0.952 bits per heavy atom. The Kier molecular flexibility index (Phi) is 13.1. The Morgan fingerprint density at radius 2 is 1.48 bits per heavy atom. The molecule has 0 saturated carbocycles. The molecule has 0 aromatic heterocycles. The zero-order valence-corrected chi connectivity index (χ0v) is 13.7. The van der Waals surface area contributed by atoms with Crippen molar-refractivity contribution in [1.82, 2.24) is 10.2 Å². The number of hydrogen-bond acceptors (Lipinski definition) is 6. The van der Waals surface area contributed by atoms with Crippen LogP contribution in [-0.2, 0) is 19.4 Å². The van der Waals surface area contributed by atoms with Gasteiger partial charge in [0.15, 0.2) is 0 Å². The zero-order valence-electron chi connectivity index (χ0n) is 13.7. The maximum atomic E-state index is 9.85. The summed E-state index contributed by atoms with van der Waals surface area (Å²) in [5, 5.41) is 3.38. The largest absolute Gasteiger partial charge is 0.352 e. The molecule has 1 heterocycles. The van der Waals surface area contributed by atoms with Crippen LogP contribution in [0.4, 0.5) is 0 Å². The van der Waals surface area contributed by atoms with Crippen LogP contribution in [0.2, 0.25) is 0 Å². The number of nitrogens with zero attached hydrogens (tertiary/aromatic N) is 1. The molecule has 0 unspecified atom stereocenters. The van der Waals surface area contributed by atoms with E-state index in [0.717, 1.165) is 13.8 Å². The second kappa shape index (κ2) is 13.8. The smallest absolute Gasteiger partial charge is 0.314 e. The molecule has 1 rings (SSSR count). The first-order chi connectivity index (χ1) is 10.1. The van der Waals surface area contributed by atoms with Crippen LogP contribution in [0.1, 0.15) is 52.9 Å². The normalized spacial score (nSPS) is 14.8. The van der Waals surface area contributed by atoms with E-state index in [-0.39, 0.29) is 0 Å². The van der Waals surface area contributed by atoms with Crippen LogP contribution in [0.3, 0.4) is 0 Å². The van der Waals surface area contributed by atoms with Crippen LogP contribution in [0.15, 0.2) is 0 Å². The summed E-state index contributed by atoms with van der Waals surface area (Å²) in [5.74, 6) is -1.28. The number of carbonyl (C=O) groups excluding carboxylic acids is 2. The quantitative estimate of drug-likeness (QED) is 0.459. The summed E-state index contributed by atoms with van der Waals surface area (Å²) in [7, 11) is 0. The molecule has 124 valence electrons. The molecule has 1 aliphatic heterocycles. The predicted octanol–water partition coefficient (Wildman–Crippen LogP) is 1.89. The van der Waals surface area contributed by atoms with Gasteiger partial charge in [-0.1, -0.05) is 32.6 Å². The van der Waals surface area contributed by atoms with E-state index >= 15 is 0 Å². The average molecular weight is 302 g/mol. The van der Waals surface area contributed by atoms with E-state index in [0.29, 0.717) is 0 Å². The molecule has 0 bridgehead atoms. The van der Waals surface area contributed by atoms with Crippen LogP contribution < -0.4 is 5.32 Å². The summed E-state index contributed by atoms with van der Waals surface area (Å²) in [5.41, 5.74) is 0. The molecule has 1 saturated heterocycles. The van der Waals surface area contributed by atoms with E-state index in [1.54, 1.807) is 0 Å². The van der Waals surface area contributed by atoms with Gasteiger partial charge in [-0.3, -0.25) is 0 Å². The van der Waals surface area contributed by atoms with Gasteiger partial charge >= 0.3 is 11.9 Å². The molecule has 0 atom stereocenters. The van der Waals surface area contributed by atoms with Gasteiger partial charge in [0, 0.05) is 40.0 Å². The predicted molar refractivity (Wildman–Crippen MR) is 81.6 cm³/mol. The number of unbranched alkanes of at least 4 members (excludes halogenated alkanes) is 4. The van der Waals surface area contributed by atoms with Gasteiger partial charge in [-0.2, -0.15) is 0 Å². The van der Waals surface area contributed by atoms with Gasteiger partial charge in [0.05, 0.1) is 0 Å². The Bertz CT molecular complexity index is 265. The maximum Gasteiger partial charge on any atom is 0.352 e. The minimum absolute atomic E-state index is 0.639. The third-order valence-electron chi connectivity index (χ3n) is 3.06. The molecule has 0 amide bonds. The van der Waals surface area contributed by atoms with E-state index < -0.39 is 11.9 Å². The highest BCUT2D eigenvalue weighted by Crippen LogP contribution is 2.04. The van der Waals surface area contributed by atoms with Gasteiger partial charge in [0.2, 0.25) is 0 Å². The first kappa shape index (κ1) is 19.9. The molecule has 6 heteroatoms. The standard InChI is InChI=1S/C11H24N2.C4H6O4/c1-2-3-4-5-6-9-13-10-7-12-8-11-13;1-3(5)7-8-4(2)6/h12H,2-11H2,1H3;1-2H3. The van der Waals surface area contributed by atoms with Gasteiger partial charge in [-0.25, -0.2) is 19.4 Å². The van der Waals surface area contributed by atoms with Crippen LogP contribution >= 0.6 is 0 Å². The topological polar surface area (TPSA) is 67.9 Å². The van der Waals surface area contributed by atoms with Crippen molar-refractivity contribution >= 4 is 11.9 Å². The lowest BCUT2D eigenvalue weighted by molar-refractivity contribution is -0.255. The van der Waals surface area contributed by atoms with Crippen LogP contribution in [0, 0.1) is 0 Å². The molecule has 0 aromatic carbocycles. The molecule has 21 heavy (non-hydrogen) atoms. The monoisotopic (exact) mass is 302 g/mol. The van der Waals surface area contributed by atoms with Crippen molar-refractivity contribution in [2.24, 2.45) is 0 Å². The highest BCUT2D eigenvalue weighted by Gasteiger charge is 2.07. The summed E-state index contributed by atoms with van der Waals surface area (Å²) in [6.45, 7) is 10.8. The minimum atomic E-state index is -0.639. The second-order valence-corrected chi connectivity index (χ2v) is 5.16. The van der Waals surface area contributed by atoms with Crippen molar-refractivity contribution in [3.05, 3.63) is 0 Å². The highest BCUT2D eigenvalue weighted by atomic mass is 17.2. The van der Waals surface area contributed by atoms with Gasteiger partial charge in [0.25, 0.3) is 0 Å². The highest BCUT2D eigenvalue weighted by molar-refractivity contribution is 5.69. The molecule has 1 aliphatic rings. The SMILES string of the molecule is CC(=O)OOC(C)=O.CCCCCCCN1CCNCC1. The first-order valence-electron chi connectivity index (χ1n) is 7.85. The van der Waals surface area contributed by atoms with Gasteiger partial charge in [-0.05, 0) is 13.0 Å². The molecule has 6 nitrogen and oxygen atoms in total. The minimum Gasteiger partial charge on any atom is -0.314 e. The third-order valence-corrected chi connectivity index (χ3v) is 3.06. The van der Waals surface area contributed by atoms with Crippen molar-refractivity contribution in [2.75, 3.05) is 32.7 Å². The van der Waals surface area contributed by atoms with E-state index in [1.807, 2.05) is 0 Å². The van der Waals surface area contributed by atoms with Gasteiger partial charge in [0.1, 0.15) is 0 Å². The fourth-order valence-corrected chi connectivity index (χ4v) is 1.99. The number of rotatable bonds is 6. The lowest BCUT2D eigenvalue weighted by Crippen LogP contribution is -2.43. The van der Waals surface area contributed by atoms with Crippen LogP contribution in [0.5, 0.6) is 0 Å². The number of piperazine rings is 1. The van der Waals surface area contributed by atoms with E-state index in [4.69, 9.17) is 0 Å². The fraction of sp³-hybridized carbons (Fsp3) is 0.867. The molecule has 0 aromatic rings. The Labute approximate surface area is 128 Å².